The van der Waals surface area contributed by atoms with Crippen LogP contribution in [0.5, 0.6) is 0 Å². The highest BCUT2D eigenvalue weighted by Gasteiger charge is 2.04. The van der Waals surface area contributed by atoms with Crippen LogP contribution in [-0.2, 0) is 0 Å². The molecular weight excluding hydrogens is 304 g/mol. The minimum atomic E-state index is 0.480. The van der Waals surface area contributed by atoms with Crippen molar-refractivity contribution in [3.8, 4) is 0 Å². The lowest BCUT2D eigenvalue weighted by Gasteiger charge is -1.99. The van der Waals surface area contributed by atoms with Crippen molar-refractivity contribution in [3.05, 3.63) is 35.6 Å². The van der Waals surface area contributed by atoms with Crippen LogP contribution in [0.25, 0.3) is 0 Å². The van der Waals surface area contributed by atoms with Gasteiger partial charge >= 0.3 is 0 Å². The van der Waals surface area contributed by atoms with Crippen LogP contribution in [0.2, 0.25) is 0 Å². The van der Waals surface area contributed by atoms with Crippen molar-refractivity contribution in [2.75, 3.05) is 6.54 Å². The summed E-state index contributed by atoms with van der Waals surface area (Å²) < 4.78 is 0. The van der Waals surface area contributed by atoms with Crippen LogP contribution in [0.3, 0.4) is 0 Å². The predicted octanol–water partition coefficient (Wildman–Crippen LogP) is 3.85. The summed E-state index contributed by atoms with van der Waals surface area (Å²) in [5.74, 6) is 1.58. The normalized spacial score (nSPS) is 12.8. The fraction of sp³-hybridized carbons (Fsp3) is 0.625. The highest BCUT2D eigenvalue weighted by molar-refractivity contribution is 5.08. The number of aromatic nitrogens is 6. The molecule has 0 bridgehead atoms. The first-order valence-electron chi connectivity index (χ1n) is 8.18. The molecule has 0 saturated heterocycles. The Bertz CT molecular complexity index is 556. The zero-order valence-electron chi connectivity index (χ0n) is 15.4. The summed E-state index contributed by atoms with van der Waals surface area (Å²) in [6.45, 7) is 13.5. The first-order chi connectivity index (χ1) is 11.4. The number of rotatable bonds is 3. The van der Waals surface area contributed by atoms with Crippen molar-refractivity contribution < 1.29 is 0 Å². The van der Waals surface area contributed by atoms with Crippen molar-refractivity contribution in [2.45, 2.75) is 53.4 Å². The molecule has 0 fully saturated rings. The smallest absolute Gasteiger partial charge is 0.0850 e. The number of H-pyrrole nitrogens is 2. The number of aromatic amines is 2. The van der Waals surface area contributed by atoms with Crippen LogP contribution < -0.4 is 0 Å². The second-order valence-corrected chi connectivity index (χ2v) is 6.37. The van der Waals surface area contributed by atoms with Crippen LogP contribution in [0, 0.1) is 5.92 Å². The molecule has 8 nitrogen and oxygen atoms in total. The minimum Gasteiger partial charge on any atom is -0.198 e. The average Bonchev–Trinajstić information content (AvgIpc) is 3.29. The molecule has 0 aliphatic carbocycles. The van der Waals surface area contributed by atoms with Crippen LogP contribution in [-0.4, -0.2) is 37.4 Å². The molecule has 2 N–H and O–H groups in total. The van der Waals surface area contributed by atoms with Gasteiger partial charge in [0.25, 0.3) is 0 Å². The van der Waals surface area contributed by atoms with Gasteiger partial charge in [-0.15, -0.1) is 0 Å². The second-order valence-electron chi connectivity index (χ2n) is 6.37. The van der Waals surface area contributed by atoms with Gasteiger partial charge in [0, 0.05) is 0 Å². The number of hydrogen-bond acceptors (Lipinski definition) is 6. The van der Waals surface area contributed by atoms with Gasteiger partial charge in [-0.1, -0.05) is 41.5 Å². The molecule has 0 aromatic carbocycles. The third kappa shape index (κ3) is 7.26. The van der Waals surface area contributed by atoms with Gasteiger partial charge in [0.1, 0.15) is 0 Å². The molecule has 1 aliphatic rings. The van der Waals surface area contributed by atoms with E-state index in [2.05, 4.69) is 82.6 Å². The van der Waals surface area contributed by atoms with E-state index >= 15 is 0 Å². The number of azo groups is 1. The molecule has 2 aromatic rings. The van der Waals surface area contributed by atoms with Gasteiger partial charge in [-0.05, 0) is 23.3 Å². The maximum absolute atomic E-state index is 3.88. The average molecular weight is 332 g/mol. The minimum absolute atomic E-state index is 0.480. The number of nitrogens with one attached hydrogen (secondary N) is 2. The van der Waals surface area contributed by atoms with Gasteiger partial charge < -0.3 is 0 Å². The van der Waals surface area contributed by atoms with E-state index < -0.39 is 0 Å². The zero-order chi connectivity index (χ0) is 17.9. The van der Waals surface area contributed by atoms with E-state index in [1.54, 1.807) is 12.4 Å². The molecule has 0 unspecified atom stereocenters. The molecular formula is C16H28N8. The molecule has 0 amide bonds. The Morgan fingerprint density at radius 1 is 0.792 bits per heavy atom. The zero-order valence-corrected chi connectivity index (χ0v) is 15.4. The van der Waals surface area contributed by atoms with Gasteiger partial charge in [0.2, 0.25) is 0 Å². The summed E-state index contributed by atoms with van der Waals surface area (Å²) in [6, 6.07) is 0. The Morgan fingerprint density at radius 2 is 1.29 bits per heavy atom. The molecule has 1 aliphatic heterocycles. The molecule has 0 radical (unpaired) electrons. The van der Waals surface area contributed by atoms with Crippen molar-refractivity contribution in [2.24, 2.45) is 16.1 Å². The summed E-state index contributed by atoms with van der Waals surface area (Å²) in [5.41, 5.74) is 3.38. The summed E-state index contributed by atoms with van der Waals surface area (Å²) in [6.07, 6.45) is 5.33. The van der Waals surface area contributed by atoms with Crippen molar-refractivity contribution in [1.29, 1.82) is 0 Å². The molecule has 3 rings (SSSR count). The van der Waals surface area contributed by atoms with Gasteiger partial charge in [-0.3, -0.25) is 0 Å². The van der Waals surface area contributed by atoms with Gasteiger partial charge in [0.15, 0.2) is 0 Å². The Morgan fingerprint density at radius 3 is 1.46 bits per heavy atom. The van der Waals surface area contributed by atoms with Gasteiger partial charge in [-0.2, -0.15) is 41.0 Å². The fourth-order valence-corrected chi connectivity index (χ4v) is 1.59. The summed E-state index contributed by atoms with van der Waals surface area (Å²) in [7, 11) is 0. The largest absolute Gasteiger partial charge is 0.198 e. The molecule has 24 heavy (non-hydrogen) atoms. The monoisotopic (exact) mass is 332 g/mol. The highest BCUT2D eigenvalue weighted by Crippen LogP contribution is 2.14. The van der Waals surface area contributed by atoms with Crippen molar-refractivity contribution >= 4 is 0 Å². The van der Waals surface area contributed by atoms with E-state index in [9.17, 15) is 0 Å². The third-order valence-corrected chi connectivity index (χ3v) is 3.35. The maximum Gasteiger partial charge on any atom is 0.0850 e. The van der Waals surface area contributed by atoms with E-state index in [4.69, 9.17) is 0 Å². The Labute approximate surface area is 143 Å². The Hall–Kier alpha value is -2.38. The van der Waals surface area contributed by atoms with Crippen LogP contribution in [0.1, 0.15) is 64.8 Å². The summed E-state index contributed by atoms with van der Waals surface area (Å²) >= 11 is 0. The molecule has 0 atom stereocenters. The number of hydrogen-bond donors (Lipinski definition) is 2. The first kappa shape index (κ1) is 19.7. The Kier molecular flexibility index (Phi) is 8.53. The van der Waals surface area contributed by atoms with Crippen molar-refractivity contribution in [3.63, 3.8) is 0 Å². The van der Waals surface area contributed by atoms with Gasteiger partial charge in [-0.25, -0.2) is 0 Å². The standard InChI is InChI=1S/C6H10N2.2C5H9N3/c1-5(2)6-3-7-8-4-6;2*1-4(2)5-3-6-8-7-5/h3,5H,4H2,1-2H3;2*3-4H,1-2H3,(H,6,7,8). The molecule has 8 heteroatoms. The first-order valence-corrected chi connectivity index (χ1v) is 8.18. The van der Waals surface area contributed by atoms with E-state index in [-0.39, 0.29) is 0 Å². The van der Waals surface area contributed by atoms with Gasteiger partial charge in [0.05, 0.1) is 36.5 Å². The van der Waals surface area contributed by atoms with Crippen LogP contribution >= 0.6 is 0 Å². The van der Waals surface area contributed by atoms with E-state index in [0.717, 1.165) is 17.9 Å². The molecule has 0 saturated carbocycles. The third-order valence-electron chi connectivity index (χ3n) is 3.35. The topological polar surface area (TPSA) is 108 Å². The van der Waals surface area contributed by atoms with E-state index in [1.165, 1.54) is 5.57 Å². The van der Waals surface area contributed by atoms with E-state index in [0.29, 0.717) is 17.8 Å². The lowest BCUT2D eigenvalue weighted by molar-refractivity contribution is 0.754. The van der Waals surface area contributed by atoms with Crippen LogP contribution in [0.15, 0.2) is 34.4 Å². The molecule has 2 aromatic heterocycles. The summed E-state index contributed by atoms with van der Waals surface area (Å²) in [5, 5.41) is 27.8. The lowest BCUT2D eigenvalue weighted by atomic mass is 10.1. The van der Waals surface area contributed by atoms with E-state index in [1.807, 2.05) is 6.20 Å². The van der Waals surface area contributed by atoms with Crippen LogP contribution in [0.4, 0.5) is 0 Å². The second kappa shape index (κ2) is 10.4. The molecule has 3 heterocycles. The molecule has 0 spiro atoms. The molecule has 132 valence electrons. The predicted molar refractivity (Wildman–Crippen MR) is 93.6 cm³/mol. The SMILES string of the molecule is CC(C)C1=CN=NC1.CC(C)c1cn[nH]n1.CC(C)c1cn[nH]n1. The summed E-state index contributed by atoms with van der Waals surface area (Å²) in [4.78, 5) is 0. The maximum atomic E-state index is 3.88. The van der Waals surface area contributed by atoms with Crippen molar-refractivity contribution in [1.82, 2.24) is 30.8 Å². The fourth-order valence-electron chi connectivity index (χ4n) is 1.59. The quantitative estimate of drug-likeness (QED) is 0.889. The number of nitrogens with zero attached hydrogens (tertiary/aromatic N) is 6. The lowest BCUT2D eigenvalue weighted by Crippen LogP contribution is -1.93. The highest BCUT2D eigenvalue weighted by atomic mass is 15.3. The Balaban J connectivity index is 0.000000180.